The molecule has 0 fully saturated rings. The first kappa shape index (κ1) is 9.25. The number of rotatable bonds is 1. The number of fused-ring (bicyclic) bond motifs is 1. The molecule has 0 heterocycles. The molecule has 2 nitrogen and oxygen atoms in total. The van der Waals surface area contributed by atoms with Crippen LogP contribution in [0.15, 0.2) is 36.4 Å². The Morgan fingerprint density at radius 3 is 2.50 bits per heavy atom. The van der Waals surface area contributed by atoms with Crippen LogP contribution in [0.5, 0.6) is 0 Å². The Bertz CT molecular complexity index is 466. The Balaban J connectivity index is 2.72. The molecule has 2 rings (SSSR count). The topological polar surface area (TPSA) is 40.5 Å². The lowest BCUT2D eigenvalue weighted by atomic mass is 9.78. The summed E-state index contributed by atoms with van der Waals surface area (Å²) in [5.41, 5.74) is 1.60. The van der Waals surface area contributed by atoms with Gasteiger partial charge in [0.1, 0.15) is 0 Å². The van der Waals surface area contributed by atoms with Gasteiger partial charge >= 0.3 is 7.12 Å². The van der Waals surface area contributed by atoms with E-state index in [0.29, 0.717) is 5.46 Å². The predicted octanol–water partition coefficient (Wildman–Crippen LogP) is 0.828. The van der Waals surface area contributed by atoms with E-state index in [9.17, 15) is 0 Å². The molecular formula is C11H11BO2. The van der Waals surface area contributed by atoms with Crippen LogP contribution in [0.2, 0.25) is 0 Å². The van der Waals surface area contributed by atoms with Gasteiger partial charge < -0.3 is 10.0 Å². The molecule has 14 heavy (non-hydrogen) atoms. The molecule has 2 N–H and O–H groups in total. The fourth-order valence-corrected chi connectivity index (χ4v) is 1.68. The van der Waals surface area contributed by atoms with Gasteiger partial charge in [0.15, 0.2) is 0 Å². The lowest BCUT2D eigenvalue weighted by molar-refractivity contribution is 0.426. The van der Waals surface area contributed by atoms with Gasteiger partial charge in [-0.2, -0.15) is 0 Å². The van der Waals surface area contributed by atoms with Gasteiger partial charge in [-0.15, -0.1) is 0 Å². The van der Waals surface area contributed by atoms with Crippen LogP contribution >= 0.6 is 0 Å². The highest BCUT2D eigenvalue weighted by atomic mass is 16.4. The average Bonchev–Trinajstić information content (AvgIpc) is 2.17. The zero-order chi connectivity index (χ0) is 10.1. The molecule has 0 spiro atoms. The van der Waals surface area contributed by atoms with Gasteiger partial charge in [0.25, 0.3) is 0 Å². The van der Waals surface area contributed by atoms with Crippen LogP contribution in [-0.2, 0) is 0 Å². The molecule has 0 atom stereocenters. The Hall–Kier alpha value is -1.32. The molecule has 0 saturated carbocycles. The number of aryl methyl sites for hydroxylation is 1. The maximum atomic E-state index is 9.06. The van der Waals surface area contributed by atoms with Crippen molar-refractivity contribution >= 4 is 23.4 Å². The number of benzene rings is 2. The highest BCUT2D eigenvalue weighted by Crippen LogP contribution is 2.16. The van der Waals surface area contributed by atoms with Gasteiger partial charge in [-0.25, -0.2) is 0 Å². The second kappa shape index (κ2) is 3.44. The minimum absolute atomic E-state index is 0.543. The number of hydrogen-bond acceptors (Lipinski definition) is 2. The van der Waals surface area contributed by atoms with Crippen LogP contribution in [0.25, 0.3) is 10.8 Å². The van der Waals surface area contributed by atoms with E-state index in [-0.39, 0.29) is 0 Å². The summed E-state index contributed by atoms with van der Waals surface area (Å²) in [6.07, 6.45) is 0. The highest BCUT2D eigenvalue weighted by Gasteiger charge is 2.11. The molecule has 0 saturated heterocycles. The monoisotopic (exact) mass is 186 g/mol. The molecule has 0 aliphatic heterocycles. The minimum Gasteiger partial charge on any atom is -0.423 e. The van der Waals surface area contributed by atoms with Crippen LogP contribution in [-0.4, -0.2) is 17.2 Å². The molecule has 2 aromatic rings. The third-order valence-corrected chi connectivity index (χ3v) is 2.39. The molecular weight excluding hydrogens is 175 g/mol. The third kappa shape index (κ3) is 1.52. The second-order valence-corrected chi connectivity index (χ2v) is 3.43. The van der Waals surface area contributed by atoms with Crippen molar-refractivity contribution in [2.24, 2.45) is 0 Å². The maximum absolute atomic E-state index is 9.06. The lowest BCUT2D eigenvalue weighted by Crippen LogP contribution is -2.29. The van der Waals surface area contributed by atoms with Crippen molar-refractivity contribution in [3.63, 3.8) is 0 Å². The highest BCUT2D eigenvalue weighted by molar-refractivity contribution is 6.59. The van der Waals surface area contributed by atoms with Gasteiger partial charge in [0.2, 0.25) is 0 Å². The first-order valence-electron chi connectivity index (χ1n) is 4.54. The summed E-state index contributed by atoms with van der Waals surface area (Å²) in [6.45, 7) is 1.97. The molecule has 2 aromatic carbocycles. The van der Waals surface area contributed by atoms with E-state index in [4.69, 9.17) is 10.0 Å². The van der Waals surface area contributed by atoms with Crippen molar-refractivity contribution in [3.05, 3.63) is 42.0 Å². The molecule has 70 valence electrons. The van der Waals surface area contributed by atoms with Crippen LogP contribution in [0, 0.1) is 6.92 Å². The van der Waals surface area contributed by atoms with Crippen molar-refractivity contribution in [1.29, 1.82) is 0 Å². The second-order valence-electron chi connectivity index (χ2n) is 3.43. The molecule has 0 aromatic heterocycles. The fourth-order valence-electron chi connectivity index (χ4n) is 1.68. The first-order valence-corrected chi connectivity index (χ1v) is 4.54. The molecule has 0 amide bonds. The smallest absolute Gasteiger partial charge is 0.423 e. The zero-order valence-corrected chi connectivity index (χ0v) is 7.94. The summed E-state index contributed by atoms with van der Waals surface area (Å²) < 4.78 is 0. The minimum atomic E-state index is -1.39. The van der Waals surface area contributed by atoms with Gasteiger partial charge in [-0.1, -0.05) is 36.4 Å². The van der Waals surface area contributed by atoms with Crippen molar-refractivity contribution in [1.82, 2.24) is 0 Å². The number of hydrogen-bond donors (Lipinski definition) is 2. The average molecular weight is 186 g/mol. The van der Waals surface area contributed by atoms with E-state index in [1.54, 1.807) is 12.1 Å². The molecule has 0 radical (unpaired) electrons. The normalized spacial score (nSPS) is 10.5. The van der Waals surface area contributed by atoms with Crippen molar-refractivity contribution in [2.75, 3.05) is 0 Å². The quantitative estimate of drug-likeness (QED) is 0.647. The molecule has 0 unspecified atom stereocenters. The summed E-state index contributed by atoms with van der Waals surface area (Å²) in [7, 11) is -1.39. The fraction of sp³-hybridized carbons (Fsp3) is 0.0909. The molecule has 0 aliphatic carbocycles. The Labute approximate surface area is 83.0 Å². The van der Waals surface area contributed by atoms with E-state index < -0.39 is 7.12 Å². The van der Waals surface area contributed by atoms with Crippen molar-refractivity contribution < 1.29 is 10.0 Å². The lowest BCUT2D eigenvalue weighted by Gasteiger charge is -2.05. The molecule has 0 bridgehead atoms. The van der Waals surface area contributed by atoms with E-state index in [1.807, 2.05) is 31.2 Å². The Morgan fingerprint density at radius 2 is 1.79 bits per heavy atom. The third-order valence-electron chi connectivity index (χ3n) is 2.39. The SMILES string of the molecule is Cc1cc(B(O)O)cc2ccccc12. The summed E-state index contributed by atoms with van der Waals surface area (Å²) in [4.78, 5) is 0. The van der Waals surface area contributed by atoms with Gasteiger partial charge in [0, 0.05) is 0 Å². The summed E-state index contributed by atoms with van der Waals surface area (Å²) in [5, 5.41) is 20.3. The summed E-state index contributed by atoms with van der Waals surface area (Å²) in [6, 6.07) is 11.5. The maximum Gasteiger partial charge on any atom is 0.488 e. The largest absolute Gasteiger partial charge is 0.488 e. The van der Waals surface area contributed by atoms with E-state index in [0.717, 1.165) is 16.3 Å². The van der Waals surface area contributed by atoms with E-state index in [1.165, 1.54) is 0 Å². The summed E-state index contributed by atoms with van der Waals surface area (Å²) in [5.74, 6) is 0. The standard InChI is InChI=1S/C11H11BO2/c1-8-6-10(12(13)14)7-9-4-2-3-5-11(8)9/h2-7,13-14H,1H3. The summed E-state index contributed by atoms with van der Waals surface area (Å²) >= 11 is 0. The van der Waals surface area contributed by atoms with Gasteiger partial charge in [-0.3, -0.25) is 0 Å². The Morgan fingerprint density at radius 1 is 1.07 bits per heavy atom. The van der Waals surface area contributed by atoms with Gasteiger partial charge in [0.05, 0.1) is 0 Å². The van der Waals surface area contributed by atoms with Crippen molar-refractivity contribution in [2.45, 2.75) is 6.92 Å². The molecule has 0 aliphatic rings. The van der Waals surface area contributed by atoms with Crippen LogP contribution in [0.3, 0.4) is 0 Å². The first-order chi connectivity index (χ1) is 6.68. The molecule has 3 heteroatoms. The van der Waals surface area contributed by atoms with Crippen LogP contribution in [0.1, 0.15) is 5.56 Å². The predicted molar refractivity (Wildman–Crippen MR) is 58.5 cm³/mol. The zero-order valence-electron chi connectivity index (χ0n) is 7.94. The van der Waals surface area contributed by atoms with Crippen LogP contribution < -0.4 is 5.46 Å². The van der Waals surface area contributed by atoms with Crippen LogP contribution in [0.4, 0.5) is 0 Å². The Kier molecular flexibility index (Phi) is 2.27. The van der Waals surface area contributed by atoms with E-state index >= 15 is 0 Å². The van der Waals surface area contributed by atoms with Gasteiger partial charge in [-0.05, 0) is 28.7 Å². The van der Waals surface area contributed by atoms with E-state index in [2.05, 4.69) is 0 Å². The van der Waals surface area contributed by atoms with Crippen molar-refractivity contribution in [3.8, 4) is 0 Å².